The number of esters is 1. The van der Waals surface area contributed by atoms with E-state index in [1.807, 2.05) is 48.7 Å². The number of amides is 2. The monoisotopic (exact) mass is 497 g/mol. The van der Waals surface area contributed by atoms with Crippen molar-refractivity contribution in [1.29, 1.82) is 0 Å². The lowest BCUT2D eigenvalue weighted by Crippen LogP contribution is -2.31. The zero-order chi connectivity index (χ0) is 23.3. The van der Waals surface area contributed by atoms with E-state index in [9.17, 15) is 14.4 Å². The fourth-order valence-electron chi connectivity index (χ4n) is 3.38. The molecule has 0 aliphatic heterocycles. The third-order valence-electron chi connectivity index (χ3n) is 4.99. The first-order chi connectivity index (χ1) is 15.3. The van der Waals surface area contributed by atoms with Crippen molar-refractivity contribution >= 4 is 39.4 Å². The standard InChI is InChI=1S/C24H24BrN3O4/c1-15-12-21(16(2)28(15)20-10-6-18(25)7-11-20)24(31)27-19-8-4-17(5-9-19)13-22(29)26-14-23(30)32-3/h4-12H,13-14H2,1-3H3,(H,26,29)(H,27,31). The van der Waals surface area contributed by atoms with E-state index in [1.54, 1.807) is 24.3 Å². The molecule has 0 unspecified atom stereocenters. The summed E-state index contributed by atoms with van der Waals surface area (Å²) in [4.78, 5) is 35.9. The summed E-state index contributed by atoms with van der Waals surface area (Å²) in [7, 11) is 1.26. The van der Waals surface area contributed by atoms with Crippen molar-refractivity contribution in [3.63, 3.8) is 0 Å². The summed E-state index contributed by atoms with van der Waals surface area (Å²) in [5.41, 5.74) is 4.78. The van der Waals surface area contributed by atoms with Gasteiger partial charge in [-0.1, -0.05) is 28.1 Å². The number of hydrogen-bond acceptors (Lipinski definition) is 4. The van der Waals surface area contributed by atoms with Gasteiger partial charge in [-0.3, -0.25) is 14.4 Å². The SMILES string of the molecule is COC(=O)CNC(=O)Cc1ccc(NC(=O)c2cc(C)n(-c3ccc(Br)cc3)c2C)cc1. The van der Waals surface area contributed by atoms with Gasteiger partial charge in [-0.15, -0.1) is 0 Å². The van der Waals surface area contributed by atoms with Crippen molar-refractivity contribution in [3.8, 4) is 5.69 Å². The molecule has 0 aliphatic rings. The summed E-state index contributed by atoms with van der Waals surface area (Å²) in [5, 5.41) is 5.40. The first-order valence-electron chi connectivity index (χ1n) is 9.97. The van der Waals surface area contributed by atoms with Crippen LogP contribution < -0.4 is 10.6 Å². The maximum absolute atomic E-state index is 12.9. The molecular formula is C24H24BrN3O4. The van der Waals surface area contributed by atoms with E-state index in [1.165, 1.54) is 7.11 Å². The number of carbonyl (C=O) groups is 3. The summed E-state index contributed by atoms with van der Waals surface area (Å²) in [5.74, 6) is -0.992. The van der Waals surface area contributed by atoms with Crippen LogP contribution in [0.15, 0.2) is 59.1 Å². The van der Waals surface area contributed by atoms with Gasteiger partial charge in [0.15, 0.2) is 0 Å². The Labute approximate surface area is 194 Å². The summed E-state index contributed by atoms with van der Waals surface area (Å²) >= 11 is 3.44. The van der Waals surface area contributed by atoms with Gasteiger partial charge in [-0.2, -0.15) is 0 Å². The smallest absolute Gasteiger partial charge is 0.325 e. The molecule has 2 amide bonds. The highest BCUT2D eigenvalue weighted by atomic mass is 79.9. The minimum Gasteiger partial charge on any atom is -0.468 e. The number of aromatic nitrogens is 1. The Morgan fingerprint density at radius 2 is 1.66 bits per heavy atom. The van der Waals surface area contributed by atoms with Crippen LogP contribution >= 0.6 is 15.9 Å². The highest BCUT2D eigenvalue weighted by Gasteiger charge is 2.17. The molecule has 0 fully saturated rings. The number of halogens is 1. The molecule has 1 aromatic heterocycles. The van der Waals surface area contributed by atoms with Gasteiger partial charge < -0.3 is 19.9 Å². The number of carbonyl (C=O) groups excluding carboxylic acids is 3. The van der Waals surface area contributed by atoms with Gasteiger partial charge in [-0.25, -0.2) is 0 Å². The molecule has 0 saturated heterocycles. The summed E-state index contributed by atoms with van der Waals surface area (Å²) < 4.78 is 7.52. The zero-order valence-corrected chi connectivity index (χ0v) is 19.7. The molecule has 0 radical (unpaired) electrons. The number of anilines is 1. The first kappa shape index (κ1) is 23.3. The van der Waals surface area contributed by atoms with Gasteiger partial charge in [0.05, 0.1) is 19.1 Å². The Morgan fingerprint density at radius 1 is 1.00 bits per heavy atom. The number of methoxy groups -OCH3 is 1. The van der Waals surface area contributed by atoms with Crippen LogP contribution in [0.3, 0.4) is 0 Å². The lowest BCUT2D eigenvalue weighted by molar-refractivity contribution is -0.141. The van der Waals surface area contributed by atoms with E-state index >= 15 is 0 Å². The Kier molecular flexibility index (Phi) is 7.48. The van der Waals surface area contributed by atoms with Crippen molar-refractivity contribution in [1.82, 2.24) is 9.88 Å². The lowest BCUT2D eigenvalue weighted by Gasteiger charge is -2.10. The van der Waals surface area contributed by atoms with Crippen LogP contribution in [0.1, 0.15) is 27.3 Å². The van der Waals surface area contributed by atoms with Crippen LogP contribution in [0.4, 0.5) is 5.69 Å². The molecule has 0 spiro atoms. The first-order valence-corrected chi connectivity index (χ1v) is 10.8. The fraction of sp³-hybridized carbons (Fsp3) is 0.208. The molecule has 3 aromatic rings. The van der Waals surface area contributed by atoms with Gasteiger partial charge in [0.1, 0.15) is 6.54 Å². The predicted octanol–water partition coefficient (Wildman–Crippen LogP) is 3.94. The summed E-state index contributed by atoms with van der Waals surface area (Å²) in [6.45, 7) is 3.72. The second-order valence-corrected chi connectivity index (χ2v) is 8.19. The number of nitrogens with zero attached hydrogens (tertiary/aromatic N) is 1. The Hall–Kier alpha value is -3.39. The molecule has 2 aromatic carbocycles. The van der Waals surface area contributed by atoms with Crippen molar-refractivity contribution in [2.75, 3.05) is 19.0 Å². The maximum atomic E-state index is 12.9. The van der Waals surface area contributed by atoms with Crippen molar-refractivity contribution < 1.29 is 19.1 Å². The average molecular weight is 498 g/mol. The number of nitrogens with one attached hydrogen (secondary N) is 2. The Balaban J connectivity index is 1.66. The molecular weight excluding hydrogens is 474 g/mol. The summed E-state index contributed by atoms with van der Waals surface area (Å²) in [6.07, 6.45) is 0.125. The van der Waals surface area contributed by atoms with Crippen molar-refractivity contribution in [2.45, 2.75) is 20.3 Å². The van der Waals surface area contributed by atoms with Crippen LogP contribution in [0.5, 0.6) is 0 Å². The van der Waals surface area contributed by atoms with Crippen molar-refractivity contribution in [3.05, 3.63) is 81.6 Å². The molecule has 166 valence electrons. The van der Waals surface area contributed by atoms with Crippen LogP contribution in [0, 0.1) is 13.8 Å². The van der Waals surface area contributed by atoms with E-state index in [4.69, 9.17) is 0 Å². The number of benzene rings is 2. The van der Waals surface area contributed by atoms with E-state index in [0.717, 1.165) is 27.1 Å². The highest BCUT2D eigenvalue weighted by Crippen LogP contribution is 2.23. The zero-order valence-electron chi connectivity index (χ0n) is 18.1. The molecule has 2 N–H and O–H groups in total. The number of ether oxygens (including phenoxy) is 1. The average Bonchev–Trinajstić information content (AvgIpc) is 3.08. The molecule has 0 saturated carbocycles. The fourth-order valence-corrected chi connectivity index (χ4v) is 3.64. The molecule has 8 heteroatoms. The minimum absolute atomic E-state index is 0.125. The third kappa shape index (κ3) is 5.64. The minimum atomic E-state index is -0.504. The topological polar surface area (TPSA) is 89.4 Å². The molecule has 0 bridgehead atoms. The van der Waals surface area contributed by atoms with Gasteiger partial charge in [0.25, 0.3) is 5.91 Å². The largest absolute Gasteiger partial charge is 0.468 e. The van der Waals surface area contributed by atoms with E-state index < -0.39 is 5.97 Å². The molecule has 1 heterocycles. The van der Waals surface area contributed by atoms with Crippen molar-refractivity contribution in [2.24, 2.45) is 0 Å². The number of rotatable bonds is 7. The molecule has 0 aliphatic carbocycles. The van der Waals surface area contributed by atoms with E-state index in [-0.39, 0.29) is 24.8 Å². The van der Waals surface area contributed by atoms with Gasteiger partial charge in [-0.05, 0) is 61.9 Å². The molecule has 3 rings (SSSR count). The van der Waals surface area contributed by atoms with Crippen LogP contribution in [0.2, 0.25) is 0 Å². The third-order valence-corrected chi connectivity index (χ3v) is 5.52. The Morgan fingerprint density at radius 3 is 2.28 bits per heavy atom. The van der Waals surface area contributed by atoms with Gasteiger partial charge >= 0.3 is 5.97 Å². The molecule has 0 atom stereocenters. The predicted molar refractivity (Wildman–Crippen MR) is 126 cm³/mol. The second kappa shape index (κ2) is 10.3. The van der Waals surface area contributed by atoms with E-state index in [0.29, 0.717) is 11.3 Å². The highest BCUT2D eigenvalue weighted by molar-refractivity contribution is 9.10. The van der Waals surface area contributed by atoms with Crippen LogP contribution in [0.25, 0.3) is 5.69 Å². The molecule has 7 nitrogen and oxygen atoms in total. The van der Waals surface area contributed by atoms with Gasteiger partial charge in [0, 0.05) is 27.2 Å². The maximum Gasteiger partial charge on any atom is 0.325 e. The second-order valence-electron chi connectivity index (χ2n) is 7.28. The quantitative estimate of drug-likeness (QED) is 0.483. The van der Waals surface area contributed by atoms with E-state index in [2.05, 4.69) is 31.3 Å². The van der Waals surface area contributed by atoms with Crippen LogP contribution in [-0.2, 0) is 20.7 Å². The normalized spacial score (nSPS) is 10.5. The Bertz CT molecular complexity index is 1140. The van der Waals surface area contributed by atoms with Gasteiger partial charge in [0.2, 0.25) is 5.91 Å². The molecule has 32 heavy (non-hydrogen) atoms. The van der Waals surface area contributed by atoms with Crippen LogP contribution in [-0.4, -0.2) is 36.0 Å². The summed E-state index contributed by atoms with van der Waals surface area (Å²) in [6, 6.07) is 16.8. The number of hydrogen-bond donors (Lipinski definition) is 2. The lowest BCUT2D eigenvalue weighted by atomic mass is 10.1. The number of aryl methyl sites for hydroxylation is 1.